The SMILES string of the molecule is Cc1cc(CN2CCC(Cn3cc(-c4ccccc4)nn3)CC2)n[nH]1. The summed E-state index contributed by atoms with van der Waals surface area (Å²) >= 11 is 0. The van der Waals surface area contributed by atoms with Gasteiger partial charge in [-0.15, -0.1) is 5.10 Å². The van der Waals surface area contributed by atoms with Gasteiger partial charge in [-0.1, -0.05) is 35.5 Å². The van der Waals surface area contributed by atoms with Crippen molar-refractivity contribution < 1.29 is 0 Å². The first kappa shape index (κ1) is 16.0. The average Bonchev–Trinajstić information content (AvgIpc) is 3.27. The predicted octanol–water partition coefficient (Wildman–Crippen LogP) is 2.89. The zero-order valence-corrected chi connectivity index (χ0v) is 14.6. The van der Waals surface area contributed by atoms with Gasteiger partial charge in [-0.25, -0.2) is 0 Å². The van der Waals surface area contributed by atoms with Crippen LogP contribution in [-0.4, -0.2) is 43.2 Å². The second kappa shape index (κ2) is 7.19. The molecule has 1 fully saturated rings. The molecular weight excluding hydrogens is 312 g/mol. The normalized spacial score (nSPS) is 16.4. The van der Waals surface area contributed by atoms with Gasteiger partial charge in [0, 0.05) is 24.3 Å². The molecule has 0 bridgehead atoms. The minimum absolute atomic E-state index is 0.669. The number of aromatic amines is 1. The summed E-state index contributed by atoms with van der Waals surface area (Å²) in [5, 5.41) is 16.0. The summed E-state index contributed by atoms with van der Waals surface area (Å²) in [6.45, 7) is 6.19. The van der Waals surface area contributed by atoms with Crippen molar-refractivity contribution in [3.8, 4) is 11.3 Å². The molecule has 1 saturated heterocycles. The highest BCUT2D eigenvalue weighted by atomic mass is 15.4. The second-order valence-corrected chi connectivity index (χ2v) is 6.95. The molecule has 2 aromatic heterocycles. The molecule has 4 rings (SSSR count). The van der Waals surface area contributed by atoms with E-state index in [1.165, 1.54) is 12.8 Å². The van der Waals surface area contributed by atoms with Crippen molar-refractivity contribution in [1.82, 2.24) is 30.1 Å². The Kier molecular flexibility index (Phi) is 4.61. The smallest absolute Gasteiger partial charge is 0.113 e. The summed E-state index contributed by atoms with van der Waals surface area (Å²) in [4.78, 5) is 2.49. The predicted molar refractivity (Wildman–Crippen MR) is 96.8 cm³/mol. The van der Waals surface area contributed by atoms with Crippen LogP contribution < -0.4 is 0 Å². The third-order valence-electron chi connectivity index (χ3n) is 4.91. The van der Waals surface area contributed by atoms with Crippen LogP contribution in [0.2, 0.25) is 0 Å². The van der Waals surface area contributed by atoms with Crippen LogP contribution in [0.5, 0.6) is 0 Å². The Morgan fingerprint density at radius 1 is 1.16 bits per heavy atom. The number of benzene rings is 1. The number of rotatable bonds is 5. The lowest BCUT2D eigenvalue weighted by atomic mass is 9.97. The highest BCUT2D eigenvalue weighted by Gasteiger charge is 2.20. The molecule has 0 atom stereocenters. The fourth-order valence-corrected chi connectivity index (χ4v) is 3.51. The molecule has 6 heteroatoms. The molecule has 0 saturated carbocycles. The number of nitrogens with zero attached hydrogens (tertiary/aromatic N) is 5. The topological polar surface area (TPSA) is 62.6 Å². The number of hydrogen-bond donors (Lipinski definition) is 1. The highest BCUT2D eigenvalue weighted by molar-refractivity contribution is 5.57. The number of aryl methyl sites for hydroxylation is 1. The molecule has 1 aliphatic heterocycles. The summed E-state index contributed by atoms with van der Waals surface area (Å²) in [7, 11) is 0. The number of hydrogen-bond acceptors (Lipinski definition) is 4. The number of aromatic nitrogens is 5. The third-order valence-corrected chi connectivity index (χ3v) is 4.91. The van der Waals surface area contributed by atoms with Gasteiger partial charge < -0.3 is 0 Å². The molecule has 0 radical (unpaired) electrons. The van der Waals surface area contributed by atoms with Crippen LogP contribution in [0.3, 0.4) is 0 Å². The van der Waals surface area contributed by atoms with E-state index in [4.69, 9.17) is 0 Å². The van der Waals surface area contributed by atoms with Crippen LogP contribution in [-0.2, 0) is 13.1 Å². The molecule has 6 nitrogen and oxygen atoms in total. The molecule has 0 spiro atoms. The van der Waals surface area contributed by atoms with Crippen LogP contribution >= 0.6 is 0 Å². The van der Waals surface area contributed by atoms with E-state index in [9.17, 15) is 0 Å². The Hall–Kier alpha value is -2.47. The highest BCUT2D eigenvalue weighted by Crippen LogP contribution is 2.21. The Balaban J connectivity index is 1.29. The van der Waals surface area contributed by atoms with Crippen molar-refractivity contribution in [3.05, 3.63) is 54.0 Å². The van der Waals surface area contributed by atoms with Gasteiger partial charge in [-0.2, -0.15) is 5.10 Å². The molecule has 1 aromatic carbocycles. The van der Waals surface area contributed by atoms with Crippen molar-refractivity contribution in [2.24, 2.45) is 5.92 Å². The maximum atomic E-state index is 4.34. The van der Waals surface area contributed by atoms with Gasteiger partial charge in [0.15, 0.2) is 0 Å². The molecule has 25 heavy (non-hydrogen) atoms. The van der Waals surface area contributed by atoms with Gasteiger partial charge in [0.25, 0.3) is 0 Å². The van der Waals surface area contributed by atoms with Crippen LogP contribution in [0.1, 0.15) is 24.2 Å². The number of likely N-dealkylation sites (tertiary alicyclic amines) is 1. The van der Waals surface area contributed by atoms with E-state index in [2.05, 4.69) is 49.8 Å². The number of nitrogens with one attached hydrogen (secondary N) is 1. The van der Waals surface area contributed by atoms with Crippen LogP contribution in [0.4, 0.5) is 0 Å². The van der Waals surface area contributed by atoms with E-state index in [0.29, 0.717) is 5.92 Å². The zero-order chi connectivity index (χ0) is 17.1. The quantitative estimate of drug-likeness (QED) is 0.778. The van der Waals surface area contributed by atoms with Gasteiger partial charge in [-0.3, -0.25) is 14.7 Å². The van der Waals surface area contributed by atoms with Gasteiger partial charge in [0.1, 0.15) is 5.69 Å². The Labute approximate surface area is 147 Å². The standard InChI is InChI=1S/C19H24N6/c1-15-11-18(21-20-15)13-24-9-7-16(8-10-24)12-25-14-19(22-23-25)17-5-3-2-4-6-17/h2-6,11,14,16H,7-10,12-13H2,1H3,(H,20,21). The monoisotopic (exact) mass is 336 g/mol. The molecule has 0 amide bonds. The summed E-state index contributed by atoms with van der Waals surface area (Å²) < 4.78 is 2.00. The molecule has 3 heterocycles. The van der Waals surface area contributed by atoms with E-state index < -0.39 is 0 Å². The fraction of sp³-hybridized carbons (Fsp3) is 0.421. The van der Waals surface area contributed by atoms with Crippen molar-refractivity contribution in [1.29, 1.82) is 0 Å². The summed E-state index contributed by atoms with van der Waals surface area (Å²) in [5.74, 6) is 0.669. The first-order chi connectivity index (χ1) is 12.3. The fourth-order valence-electron chi connectivity index (χ4n) is 3.51. The van der Waals surface area contributed by atoms with Crippen molar-refractivity contribution in [2.75, 3.05) is 13.1 Å². The van der Waals surface area contributed by atoms with Crippen molar-refractivity contribution in [2.45, 2.75) is 32.9 Å². The second-order valence-electron chi connectivity index (χ2n) is 6.95. The lowest BCUT2D eigenvalue weighted by molar-refractivity contribution is 0.162. The summed E-state index contributed by atoms with van der Waals surface area (Å²) in [5.41, 5.74) is 4.34. The maximum absolute atomic E-state index is 4.34. The van der Waals surface area contributed by atoms with Crippen LogP contribution in [0.25, 0.3) is 11.3 Å². The summed E-state index contributed by atoms with van der Waals surface area (Å²) in [6.07, 6.45) is 4.46. The Bertz CT molecular complexity index is 798. The minimum Gasteiger partial charge on any atom is -0.297 e. The number of H-pyrrole nitrogens is 1. The van der Waals surface area contributed by atoms with E-state index in [1.54, 1.807) is 0 Å². The van der Waals surface area contributed by atoms with Crippen molar-refractivity contribution in [3.63, 3.8) is 0 Å². The third kappa shape index (κ3) is 3.96. The lowest BCUT2D eigenvalue weighted by Crippen LogP contribution is -2.34. The van der Waals surface area contributed by atoms with E-state index in [-0.39, 0.29) is 0 Å². The Morgan fingerprint density at radius 2 is 1.96 bits per heavy atom. The molecule has 0 unspecified atom stereocenters. The van der Waals surface area contributed by atoms with Gasteiger partial charge >= 0.3 is 0 Å². The molecule has 130 valence electrons. The largest absolute Gasteiger partial charge is 0.297 e. The first-order valence-electron chi connectivity index (χ1n) is 8.95. The van der Waals surface area contributed by atoms with Gasteiger partial charge in [0.2, 0.25) is 0 Å². The zero-order valence-electron chi connectivity index (χ0n) is 14.6. The maximum Gasteiger partial charge on any atom is 0.113 e. The molecule has 1 N–H and O–H groups in total. The Morgan fingerprint density at radius 3 is 2.68 bits per heavy atom. The van der Waals surface area contributed by atoms with Crippen LogP contribution in [0, 0.1) is 12.8 Å². The molecule has 0 aliphatic carbocycles. The van der Waals surface area contributed by atoms with E-state index >= 15 is 0 Å². The van der Waals surface area contributed by atoms with Gasteiger partial charge in [0.05, 0.1) is 11.9 Å². The van der Waals surface area contributed by atoms with E-state index in [0.717, 1.165) is 48.8 Å². The average molecular weight is 336 g/mol. The molecule has 1 aliphatic rings. The minimum atomic E-state index is 0.669. The lowest BCUT2D eigenvalue weighted by Gasteiger charge is -2.31. The van der Waals surface area contributed by atoms with Crippen molar-refractivity contribution >= 4 is 0 Å². The first-order valence-corrected chi connectivity index (χ1v) is 8.95. The summed E-state index contributed by atoms with van der Waals surface area (Å²) in [6, 6.07) is 12.4. The number of piperidine rings is 1. The molecule has 3 aromatic rings. The van der Waals surface area contributed by atoms with Gasteiger partial charge in [-0.05, 0) is 44.8 Å². The van der Waals surface area contributed by atoms with E-state index in [1.807, 2.05) is 29.8 Å². The van der Waals surface area contributed by atoms with Crippen LogP contribution in [0.15, 0.2) is 42.6 Å². The molecular formula is C19H24N6.